The molecule has 1 saturated carbocycles. The Balaban J connectivity index is 1.65. The van der Waals surface area contributed by atoms with Crippen LogP contribution in [0.2, 0.25) is 0 Å². The van der Waals surface area contributed by atoms with Crippen molar-refractivity contribution in [3.63, 3.8) is 0 Å². The van der Waals surface area contributed by atoms with Crippen molar-refractivity contribution in [1.29, 1.82) is 0 Å². The van der Waals surface area contributed by atoms with E-state index in [1.165, 1.54) is 49.9 Å². The van der Waals surface area contributed by atoms with Crippen molar-refractivity contribution in [2.45, 2.75) is 37.0 Å². The number of para-hydroxylation sites is 1. The lowest BCUT2D eigenvalue weighted by Crippen LogP contribution is -2.09. The lowest BCUT2D eigenvalue weighted by atomic mass is 9.91. The Morgan fingerprint density at radius 2 is 1.85 bits per heavy atom. The molecule has 2 aromatic rings. The number of rotatable bonds is 6. The third-order valence-electron chi connectivity index (χ3n) is 4.40. The van der Waals surface area contributed by atoms with E-state index in [1.807, 2.05) is 53.6 Å². The molecule has 4 heteroatoms. The van der Waals surface area contributed by atoms with Gasteiger partial charge in [-0.15, -0.1) is 11.8 Å². The van der Waals surface area contributed by atoms with E-state index in [0.29, 0.717) is 0 Å². The molecule has 2 aromatic carbocycles. The van der Waals surface area contributed by atoms with Crippen LogP contribution < -0.4 is 0 Å². The summed E-state index contributed by atoms with van der Waals surface area (Å²) in [6.45, 7) is 0. The third kappa shape index (κ3) is 6.65. The largest absolute Gasteiger partial charge is 0.242 e. The quantitative estimate of drug-likeness (QED) is 0.290. The Morgan fingerprint density at radius 3 is 2.62 bits per heavy atom. The second-order valence-electron chi connectivity index (χ2n) is 6.48. The van der Waals surface area contributed by atoms with Gasteiger partial charge in [-0.1, -0.05) is 55.3 Å². The van der Waals surface area contributed by atoms with Crippen LogP contribution in [-0.2, 0) is 0 Å². The normalized spacial score (nSPS) is 16.3. The Morgan fingerprint density at radius 1 is 1.04 bits per heavy atom. The third-order valence-corrected chi connectivity index (χ3v) is 6.36. The summed E-state index contributed by atoms with van der Waals surface area (Å²) < 4.78 is 13.3. The number of aliphatic imine (C=N–C) groups is 1. The van der Waals surface area contributed by atoms with Gasteiger partial charge in [0.05, 0.1) is 10.7 Å². The molecular formula is C22H24FNS2. The number of halogens is 1. The maximum Gasteiger partial charge on any atom is 0.124 e. The molecule has 136 valence electrons. The average molecular weight is 386 g/mol. The van der Waals surface area contributed by atoms with Crippen LogP contribution >= 0.6 is 23.5 Å². The minimum atomic E-state index is -0.201. The molecule has 26 heavy (non-hydrogen) atoms. The van der Waals surface area contributed by atoms with Gasteiger partial charge in [0.1, 0.15) is 5.82 Å². The van der Waals surface area contributed by atoms with E-state index in [-0.39, 0.29) is 5.82 Å². The Hall–Kier alpha value is -1.52. The van der Waals surface area contributed by atoms with Crippen molar-refractivity contribution in [1.82, 2.24) is 0 Å². The zero-order valence-electron chi connectivity index (χ0n) is 14.8. The summed E-state index contributed by atoms with van der Waals surface area (Å²) in [5.41, 5.74) is 0.971. The van der Waals surface area contributed by atoms with Gasteiger partial charge in [-0.05, 0) is 60.6 Å². The van der Waals surface area contributed by atoms with Crippen molar-refractivity contribution in [2.75, 3.05) is 5.75 Å². The summed E-state index contributed by atoms with van der Waals surface area (Å²) >= 11 is 3.36. The molecule has 1 aliphatic rings. The van der Waals surface area contributed by atoms with E-state index in [0.717, 1.165) is 27.3 Å². The lowest BCUT2D eigenvalue weighted by Gasteiger charge is -2.20. The zero-order chi connectivity index (χ0) is 18.0. The first-order valence-electron chi connectivity index (χ1n) is 9.15. The number of thioether (sulfide) groups is 2. The molecule has 0 N–H and O–H groups in total. The van der Waals surface area contributed by atoms with Gasteiger partial charge in [0.2, 0.25) is 0 Å². The molecule has 0 saturated heterocycles. The summed E-state index contributed by atoms with van der Waals surface area (Å²) in [6, 6.07) is 16.7. The van der Waals surface area contributed by atoms with Crippen molar-refractivity contribution in [3.8, 4) is 0 Å². The maximum atomic E-state index is 13.3. The average Bonchev–Trinajstić information content (AvgIpc) is 2.68. The molecule has 0 aliphatic heterocycles. The summed E-state index contributed by atoms with van der Waals surface area (Å²) in [5, 5.41) is 3.02. The number of hydrogen-bond acceptors (Lipinski definition) is 3. The molecule has 0 bridgehead atoms. The molecule has 3 rings (SSSR count). The Bertz CT molecular complexity index is 737. The highest BCUT2D eigenvalue weighted by molar-refractivity contribution is 8.14. The highest BCUT2D eigenvalue weighted by Crippen LogP contribution is 2.28. The molecule has 0 aromatic heterocycles. The Kier molecular flexibility index (Phi) is 7.84. The lowest BCUT2D eigenvalue weighted by molar-refractivity contribution is 0.391. The molecule has 1 fully saturated rings. The predicted molar refractivity (Wildman–Crippen MR) is 114 cm³/mol. The summed E-state index contributed by atoms with van der Waals surface area (Å²) in [6.07, 6.45) is 8.84. The maximum absolute atomic E-state index is 13.3. The van der Waals surface area contributed by atoms with E-state index >= 15 is 0 Å². The van der Waals surface area contributed by atoms with E-state index in [4.69, 9.17) is 4.99 Å². The smallest absolute Gasteiger partial charge is 0.124 e. The van der Waals surface area contributed by atoms with Crippen molar-refractivity contribution in [2.24, 2.45) is 10.9 Å². The molecule has 1 nitrogen and oxygen atoms in total. The van der Waals surface area contributed by atoms with Gasteiger partial charge in [0.15, 0.2) is 0 Å². The first kappa shape index (κ1) is 19.2. The van der Waals surface area contributed by atoms with Crippen LogP contribution in [0.1, 0.15) is 32.1 Å². The number of hydrogen-bond donors (Lipinski definition) is 0. The van der Waals surface area contributed by atoms with Crippen LogP contribution in [0.4, 0.5) is 10.1 Å². The van der Waals surface area contributed by atoms with E-state index in [9.17, 15) is 4.39 Å². The standard InChI is InChI=1S/C22H24FNS2/c23-19-10-7-13-21(16-19)25-15-14-22(24-20-11-5-2-6-12-20)26-17-18-8-3-1-4-9-18/h2,5-7,10-16,18H,1,3-4,8-9,17H2. The SMILES string of the molecule is Fc1cccc(SC=CC(=Nc2ccccc2)SCC2CCCCC2)c1. The molecule has 0 atom stereocenters. The van der Waals surface area contributed by atoms with Crippen LogP contribution in [0.5, 0.6) is 0 Å². The van der Waals surface area contributed by atoms with Crippen molar-refractivity contribution >= 4 is 34.3 Å². The fourth-order valence-electron chi connectivity index (χ4n) is 3.02. The van der Waals surface area contributed by atoms with Gasteiger partial charge >= 0.3 is 0 Å². The van der Waals surface area contributed by atoms with Crippen LogP contribution in [0.3, 0.4) is 0 Å². The van der Waals surface area contributed by atoms with Gasteiger partial charge in [-0.2, -0.15) is 0 Å². The van der Waals surface area contributed by atoms with Crippen LogP contribution in [-0.4, -0.2) is 10.8 Å². The molecule has 0 radical (unpaired) electrons. The fourth-order valence-corrected chi connectivity index (χ4v) is 4.87. The topological polar surface area (TPSA) is 12.4 Å². The number of nitrogens with zero attached hydrogens (tertiary/aromatic N) is 1. The van der Waals surface area contributed by atoms with Crippen LogP contribution in [0.25, 0.3) is 0 Å². The second kappa shape index (κ2) is 10.6. The zero-order valence-corrected chi connectivity index (χ0v) is 16.4. The summed E-state index contributed by atoms with van der Waals surface area (Å²) in [5.74, 6) is 1.73. The summed E-state index contributed by atoms with van der Waals surface area (Å²) in [4.78, 5) is 5.70. The molecule has 0 unspecified atom stereocenters. The predicted octanol–water partition coefficient (Wildman–Crippen LogP) is 7.48. The number of benzene rings is 2. The van der Waals surface area contributed by atoms with Gasteiger partial charge in [0, 0.05) is 10.6 Å². The molecule has 1 aliphatic carbocycles. The molecule has 0 amide bonds. The van der Waals surface area contributed by atoms with E-state index < -0.39 is 0 Å². The molecular weight excluding hydrogens is 361 g/mol. The van der Waals surface area contributed by atoms with Gasteiger partial charge < -0.3 is 0 Å². The van der Waals surface area contributed by atoms with Crippen LogP contribution in [0.15, 0.2) is 76.0 Å². The second-order valence-corrected chi connectivity index (χ2v) is 8.50. The van der Waals surface area contributed by atoms with Gasteiger partial charge in [-0.3, -0.25) is 0 Å². The molecule has 0 heterocycles. The first-order chi connectivity index (χ1) is 12.8. The Labute approximate surface area is 164 Å². The highest BCUT2D eigenvalue weighted by atomic mass is 32.2. The summed E-state index contributed by atoms with van der Waals surface area (Å²) in [7, 11) is 0. The fraction of sp³-hybridized carbons (Fsp3) is 0.318. The van der Waals surface area contributed by atoms with Gasteiger partial charge in [0.25, 0.3) is 0 Å². The highest BCUT2D eigenvalue weighted by Gasteiger charge is 2.14. The molecule has 0 spiro atoms. The van der Waals surface area contributed by atoms with E-state index in [2.05, 4.69) is 6.08 Å². The van der Waals surface area contributed by atoms with E-state index in [1.54, 1.807) is 12.1 Å². The minimum Gasteiger partial charge on any atom is -0.242 e. The van der Waals surface area contributed by atoms with Crippen molar-refractivity contribution < 1.29 is 4.39 Å². The van der Waals surface area contributed by atoms with Gasteiger partial charge in [-0.25, -0.2) is 9.38 Å². The minimum absolute atomic E-state index is 0.201. The van der Waals surface area contributed by atoms with Crippen molar-refractivity contribution in [3.05, 3.63) is 71.9 Å². The first-order valence-corrected chi connectivity index (χ1v) is 11.0. The monoisotopic (exact) mass is 385 g/mol. The van der Waals surface area contributed by atoms with Crippen LogP contribution in [0, 0.1) is 11.7 Å².